The topological polar surface area (TPSA) is 52.0 Å². The Morgan fingerprint density at radius 3 is 1.71 bits per heavy atom. The van der Waals surface area contributed by atoms with Crippen LogP contribution in [-0.2, 0) is 50.1 Å². The van der Waals surface area contributed by atoms with E-state index < -0.39 is 0 Å². The minimum Gasteiger partial charge on any atom is 0 e. The second-order valence-electron chi connectivity index (χ2n) is 2.27. The van der Waals surface area contributed by atoms with Gasteiger partial charge < -0.3 is 11.5 Å². The molecule has 0 saturated carbocycles. The van der Waals surface area contributed by atoms with Crippen molar-refractivity contribution in [3.63, 3.8) is 0 Å². The fourth-order valence-electron chi connectivity index (χ4n) is 0.884. The number of nitrogens with two attached hydrogens (primary N) is 2. The van der Waals surface area contributed by atoms with Gasteiger partial charge in [0.2, 0.25) is 0 Å². The first-order chi connectivity index (χ1) is 6.28. The van der Waals surface area contributed by atoms with Gasteiger partial charge in [0.25, 0.3) is 0 Å². The smallest absolute Gasteiger partial charge is 0 e. The fourth-order valence-corrected chi connectivity index (χ4v) is 0.884. The zero-order valence-electron chi connectivity index (χ0n) is 7.27. The van der Waals surface area contributed by atoms with Gasteiger partial charge in [0.05, 0.1) is 0 Å². The molecule has 0 heterocycles. The minimum absolute atomic E-state index is 0. The molecule has 1 rings (SSSR count). The van der Waals surface area contributed by atoms with E-state index in [1.165, 1.54) is 0 Å². The van der Waals surface area contributed by atoms with Crippen molar-refractivity contribution in [3.8, 4) is 0 Å². The molecule has 1 aromatic rings. The maximum Gasteiger partial charge on any atom is 0 e. The van der Waals surface area contributed by atoms with Crippen LogP contribution < -0.4 is 11.5 Å². The standard InChI is InChI=1S/C8H12N2.2ClH.Pd.Pt/c9-5-7-2-1-3-8(4-7)6-10;;;;/h1-4H,5-6,9-10H2;2*1H;;/q;;;+2;/p-2. The van der Waals surface area contributed by atoms with E-state index in [0.717, 1.165) is 11.1 Å². The van der Waals surface area contributed by atoms with Crippen LogP contribution in [-0.4, -0.2) is 0 Å². The van der Waals surface area contributed by atoms with Crippen molar-refractivity contribution in [1.29, 1.82) is 0 Å². The van der Waals surface area contributed by atoms with Crippen LogP contribution in [0.4, 0.5) is 0 Å². The summed E-state index contributed by atoms with van der Waals surface area (Å²) < 4.78 is 0. The second-order valence-corrected chi connectivity index (χ2v) is 4.63. The maximum absolute atomic E-state index is 5.43. The van der Waals surface area contributed by atoms with E-state index in [2.05, 4.69) is 0 Å². The Balaban J connectivity index is 0. The van der Waals surface area contributed by atoms with E-state index in [-0.39, 0.29) is 37.0 Å². The molecule has 0 radical (unpaired) electrons. The van der Waals surface area contributed by atoms with Crippen molar-refractivity contribution in [1.82, 2.24) is 0 Å². The molecule has 0 saturated heterocycles. The molecule has 0 aromatic heterocycles. The van der Waals surface area contributed by atoms with E-state index in [4.69, 9.17) is 30.5 Å². The molecule has 2 nitrogen and oxygen atoms in total. The van der Waals surface area contributed by atoms with E-state index in [0.29, 0.717) is 13.1 Å². The molecular weight excluding hydrogens is 497 g/mol. The first-order valence-electron chi connectivity index (χ1n) is 3.58. The van der Waals surface area contributed by atoms with Gasteiger partial charge in [-0.2, -0.15) is 0 Å². The monoisotopic (exact) mass is 507 g/mol. The summed E-state index contributed by atoms with van der Waals surface area (Å²) >= 11 is -0.106. The molecule has 88 valence electrons. The number of hydrogen-bond acceptors (Lipinski definition) is 2. The van der Waals surface area contributed by atoms with Crippen molar-refractivity contribution in [3.05, 3.63) is 35.4 Å². The van der Waals surface area contributed by atoms with Crippen molar-refractivity contribution in [2.45, 2.75) is 13.1 Å². The van der Waals surface area contributed by atoms with Crippen LogP contribution in [0.15, 0.2) is 24.3 Å². The molecule has 0 unspecified atom stereocenters. The predicted molar refractivity (Wildman–Crippen MR) is 53.9 cm³/mol. The Morgan fingerprint density at radius 2 is 1.43 bits per heavy atom. The molecule has 0 atom stereocenters. The van der Waals surface area contributed by atoms with Crippen LogP contribution in [0.2, 0.25) is 0 Å². The number of halogens is 2. The van der Waals surface area contributed by atoms with Gasteiger partial charge >= 0.3 is 35.0 Å². The summed E-state index contributed by atoms with van der Waals surface area (Å²) in [6, 6.07) is 8.00. The zero-order valence-corrected chi connectivity index (χ0v) is 12.6. The Bertz CT molecular complexity index is 219. The van der Waals surface area contributed by atoms with Gasteiger partial charge in [0.15, 0.2) is 0 Å². The summed E-state index contributed by atoms with van der Waals surface area (Å²) in [6.07, 6.45) is 0. The molecule has 14 heavy (non-hydrogen) atoms. The van der Waals surface area contributed by atoms with Crippen LogP contribution in [0.1, 0.15) is 11.1 Å². The van der Waals surface area contributed by atoms with Crippen LogP contribution in [0.5, 0.6) is 0 Å². The number of hydrogen-bond donors (Lipinski definition) is 2. The average molecular weight is 509 g/mol. The minimum atomic E-state index is -0.106. The molecule has 1 aromatic carbocycles. The van der Waals surface area contributed by atoms with Crippen molar-refractivity contribution >= 4 is 19.1 Å². The Morgan fingerprint density at radius 1 is 1.07 bits per heavy atom. The summed E-state index contributed by atoms with van der Waals surface area (Å²) in [4.78, 5) is 0. The molecule has 0 bridgehead atoms. The number of benzene rings is 1. The largest absolute Gasteiger partial charge is 0 e. The Labute approximate surface area is 115 Å². The van der Waals surface area contributed by atoms with Crippen molar-refractivity contribution in [2.24, 2.45) is 11.5 Å². The Hall–Kier alpha value is 1.07. The average Bonchev–Trinajstić information content (AvgIpc) is 2.19. The van der Waals surface area contributed by atoms with Gasteiger partial charge in [-0.1, -0.05) is 24.3 Å². The molecule has 0 aliphatic carbocycles. The molecular formula is C8H12Cl2N2PdPt. The summed E-state index contributed by atoms with van der Waals surface area (Å²) in [7, 11) is 9.63. The van der Waals surface area contributed by atoms with Gasteiger partial charge in [-0.25, -0.2) is 0 Å². The van der Waals surface area contributed by atoms with E-state index in [1.54, 1.807) is 0 Å². The Kier molecular flexibility index (Phi) is 15.1. The van der Waals surface area contributed by atoms with Gasteiger partial charge in [-0.05, 0) is 11.1 Å². The van der Waals surface area contributed by atoms with E-state index in [1.807, 2.05) is 24.3 Å². The molecule has 4 N–H and O–H groups in total. The van der Waals surface area contributed by atoms with Crippen LogP contribution in [0, 0.1) is 0 Å². The van der Waals surface area contributed by atoms with Gasteiger partial charge in [-0.15, -0.1) is 0 Å². The van der Waals surface area contributed by atoms with Crippen molar-refractivity contribution in [2.75, 3.05) is 0 Å². The zero-order chi connectivity index (χ0) is 10.1. The molecule has 6 heteroatoms. The molecule has 0 aliphatic heterocycles. The van der Waals surface area contributed by atoms with Crippen LogP contribution >= 0.6 is 19.1 Å². The second kappa shape index (κ2) is 12.1. The SMILES string of the molecule is NCc1cccc(CN)c1.[Cl][Pd][Cl].[Pt]. The van der Waals surface area contributed by atoms with Crippen LogP contribution in [0.25, 0.3) is 0 Å². The van der Waals surface area contributed by atoms with Crippen LogP contribution in [0.3, 0.4) is 0 Å². The van der Waals surface area contributed by atoms with E-state index in [9.17, 15) is 0 Å². The summed E-state index contributed by atoms with van der Waals surface area (Å²) in [5.74, 6) is 0. The number of rotatable bonds is 2. The van der Waals surface area contributed by atoms with Gasteiger partial charge in [-0.3, -0.25) is 0 Å². The molecule has 0 amide bonds. The summed E-state index contributed by atoms with van der Waals surface area (Å²) in [5.41, 5.74) is 13.1. The molecule has 0 spiro atoms. The first-order valence-corrected chi connectivity index (χ1v) is 7.59. The normalized spacial score (nSPS) is 8.57. The fraction of sp³-hybridized carbons (Fsp3) is 0.250. The summed E-state index contributed by atoms with van der Waals surface area (Å²) in [5, 5.41) is 0. The summed E-state index contributed by atoms with van der Waals surface area (Å²) in [6.45, 7) is 1.18. The van der Waals surface area contributed by atoms with Crippen molar-refractivity contribution < 1.29 is 37.0 Å². The maximum atomic E-state index is 5.43. The third-order valence-corrected chi connectivity index (χ3v) is 1.46. The quantitative estimate of drug-likeness (QED) is 0.601. The molecule has 0 fully saturated rings. The predicted octanol–water partition coefficient (Wildman–Crippen LogP) is 1.98. The van der Waals surface area contributed by atoms with Gasteiger partial charge in [0, 0.05) is 34.2 Å². The van der Waals surface area contributed by atoms with Gasteiger partial charge in [0.1, 0.15) is 0 Å². The third kappa shape index (κ3) is 8.38. The van der Waals surface area contributed by atoms with E-state index >= 15 is 0 Å². The molecule has 0 aliphatic rings. The first kappa shape index (κ1) is 17.5. The third-order valence-electron chi connectivity index (χ3n) is 1.46.